The Hall–Kier alpha value is -4.13. The first-order valence-corrected chi connectivity index (χ1v) is 10.5. The Kier molecular flexibility index (Phi) is 6.17. The number of amides is 2. The number of fused-ring (bicyclic) bond motifs is 1. The van der Waals surface area contributed by atoms with Crippen molar-refractivity contribution in [2.24, 2.45) is 0 Å². The van der Waals surface area contributed by atoms with Crippen LogP contribution in [0.3, 0.4) is 0 Å². The average Bonchev–Trinajstić information content (AvgIpc) is 2.79. The number of anilines is 2. The minimum Gasteiger partial charge on any atom is -0.341 e. The zero-order valence-corrected chi connectivity index (χ0v) is 18.1. The van der Waals surface area contributed by atoms with E-state index in [0.717, 1.165) is 22.6 Å². The number of para-hydroxylation sites is 2. The summed E-state index contributed by atoms with van der Waals surface area (Å²) in [6.07, 6.45) is 0. The Morgan fingerprint density at radius 1 is 0.969 bits per heavy atom. The van der Waals surface area contributed by atoms with Crippen molar-refractivity contribution in [3.05, 3.63) is 94.3 Å². The molecule has 3 N–H and O–H groups in total. The molecule has 162 valence electrons. The van der Waals surface area contributed by atoms with Gasteiger partial charge in [0.1, 0.15) is 11.5 Å². The molecule has 2 aromatic carbocycles. The second kappa shape index (κ2) is 9.34. The molecule has 0 spiro atoms. The topological polar surface area (TPSA) is 88.0 Å². The molecule has 2 aromatic heterocycles. The number of rotatable bonds is 6. The Morgan fingerprint density at radius 2 is 1.66 bits per heavy atom. The molecule has 0 aliphatic rings. The minimum absolute atomic E-state index is 0.141. The van der Waals surface area contributed by atoms with Gasteiger partial charge in [0.2, 0.25) is 0 Å². The lowest BCUT2D eigenvalue weighted by Crippen LogP contribution is -2.35. The third-order valence-corrected chi connectivity index (χ3v) is 5.12. The van der Waals surface area contributed by atoms with E-state index in [9.17, 15) is 9.59 Å². The fourth-order valence-corrected chi connectivity index (χ4v) is 3.54. The number of aryl methyl sites for hydroxylation is 1. The molecule has 0 aliphatic heterocycles. The van der Waals surface area contributed by atoms with Crippen LogP contribution in [0.2, 0.25) is 0 Å². The van der Waals surface area contributed by atoms with E-state index in [0.29, 0.717) is 23.4 Å². The van der Waals surface area contributed by atoms with E-state index >= 15 is 0 Å². The van der Waals surface area contributed by atoms with Crippen LogP contribution in [0.15, 0.2) is 77.6 Å². The number of pyridine rings is 2. The number of carbonyl (C=O) groups excluding carboxylic acids is 1. The Morgan fingerprint density at radius 3 is 2.34 bits per heavy atom. The van der Waals surface area contributed by atoms with Crippen molar-refractivity contribution >= 4 is 28.6 Å². The van der Waals surface area contributed by atoms with E-state index in [2.05, 4.69) is 16.0 Å². The third kappa shape index (κ3) is 4.46. The summed E-state index contributed by atoms with van der Waals surface area (Å²) in [5.41, 5.74) is 3.71. The fraction of sp³-hybridized carbons (Fsp3) is 0.160. The quantitative estimate of drug-likeness (QED) is 0.429. The molecule has 4 rings (SSSR count). The molecule has 7 nitrogen and oxygen atoms in total. The number of carbonyl (C=O) groups is 1. The molecule has 0 saturated heterocycles. The largest absolute Gasteiger partial charge is 0.341 e. The van der Waals surface area contributed by atoms with Crippen molar-refractivity contribution in [3.8, 4) is 5.69 Å². The molecule has 0 atom stereocenters. The lowest BCUT2D eigenvalue weighted by atomic mass is 10.1. The standard InChI is InChI=1S/C25H25N5O2/c1-3-26-25(32)27-16-18-14-21-22(31)15-23(29-19-10-6-4-7-11-19)30(24(21)28-17(18)2)20-12-8-5-9-13-20/h4-15,29H,3,16H2,1-2H3,(H2,26,27,32). The zero-order valence-electron chi connectivity index (χ0n) is 18.1. The number of aromatic nitrogens is 2. The zero-order chi connectivity index (χ0) is 22.5. The van der Waals surface area contributed by atoms with E-state index in [1.165, 1.54) is 0 Å². The van der Waals surface area contributed by atoms with E-state index in [1.54, 1.807) is 6.07 Å². The van der Waals surface area contributed by atoms with Gasteiger partial charge in [-0.25, -0.2) is 9.78 Å². The van der Waals surface area contributed by atoms with Gasteiger partial charge in [0.15, 0.2) is 5.43 Å². The van der Waals surface area contributed by atoms with Gasteiger partial charge >= 0.3 is 6.03 Å². The van der Waals surface area contributed by atoms with Crippen molar-refractivity contribution in [2.45, 2.75) is 20.4 Å². The van der Waals surface area contributed by atoms with Crippen LogP contribution >= 0.6 is 0 Å². The first kappa shape index (κ1) is 21.1. The van der Waals surface area contributed by atoms with Crippen LogP contribution in [0, 0.1) is 6.92 Å². The molecule has 4 aromatic rings. The molecular formula is C25H25N5O2. The van der Waals surface area contributed by atoms with Crippen LogP contribution in [-0.4, -0.2) is 22.1 Å². The summed E-state index contributed by atoms with van der Waals surface area (Å²) in [6, 6.07) is 22.6. The summed E-state index contributed by atoms with van der Waals surface area (Å²) in [7, 11) is 0. The maximum Gasteiger partial charge on any atom is 0.315 e. The molecule has 2 amide bonds. The van der Waals surface area contributed by atoms with Gasteiger partial charge < -0.3 is 16.0 Å². The monoisotopic (exact) mass is 427 g/mol. The summed E-state index contributed by atoms with van der Waals surface area (Å²) >= 11 is 0. The fourth-order valence-electron chi connectivity index (χ4n) is 3.54. The highest BCUT2D eigenvalue weighted by Crippen LogP contribution is 2.25. The van der Waals surface area contributed by atoms with Gasteiger partial charge in [0.05, 0.1) is 5.39 Å². The highest BCUT2D eigenvalue weighted by atomic mass is 16.2. The lowest BCUT2D eigenvalue weighted by molar-refractivity contribution is 0.241. The van der Waals surface area contributed by atoms with Gasteiger partial charge in [-0.1, -0.05) is 36.4 Å². The van der Waals surface area contributed by atoms with E-state index < -0.39 is 0 Å². The third-order valence-electron chi connectivity index (χ3n) is 5.12. The van der Waals surface area contributed by atoms with Crippen molar-refractivity contribution < 1.29 is 4.79 Å². The molecule has 0 radical (unpaired) electrons. The van der Waals surface area contributed by atoms with E-state index in [-0.39, 0.29) is 18.0 Å². The van der Waals surface area contributed by atoms with Gasteiger partial charge in [-0.2, -0.15) is 0 Å². The van der Waals surface area contributed by atoms with Crippen LogP contribution < -0.4 is 21.4 Å². The normalized spacial score (nSPS) is 10.7. The Labute approximate surface area is 186 Å². The van der Waals surface area contributed by atoms with E-state index in [4.69, 9.17) is 4.98 Å². The van der Waals surface area contributed by atoms with Crippen LogP contribution in [-0.2, 0) is 6.54 Å². The van der Waals surface area contributed by atoms with Gasteiger partial charge in [0, 0.05) is 36.2 Å². The van der Waals surface area contributed by atoms with Crippen LogP contribution in [0.1, 0.15) is 18.2 Å². The Bertz CT molecular complexity index is 1300. The number of nitrogens with zero attached hydrogens (tertiary/aromatic N) is 2. The van der Waals surface area contributed by atoms with Gasteiger partial charge in [-0.15, -0.1) is 0 Å². The molecule has 0 unspecified atom stereocenters. The van der Waals surface area contributed by atoms with E-state index in [1.807, 2.05) is 85.1 Å². The van der Waals surface area contributed by atoms with Gasteiger partial charge in [-0.05, 0) is 49.7 Å². The first-order valence-electron chi connectivity index (χ1n) is 10.5. The predicted molar refractivity (Wildman–Crippen MR) is 128 cm³/mol. The number of hydrogen-bond acceptors (Lipinski definition) is 4. The molecule has 0 saturated carbocycles. The maximum atomic E-state index is 13.1. The van der Waals surface area contributed by atoms with Crippen molar-refractivity contribution in [3.63, 3.8) is 0 Å². The van der Waals surface area contributed by atoms with Crippen molar-refractivity contribution in [2.75, 3.05) is 11.9 Å². The highest BCUT2D eigenvalue weighted by Gasteiger charge is 2.15. The predicted octanol–water partition coefficient (Wildman–Crippen LogP) is 4.26. The van der Waals surface area contributed by atoms with Gasteiger partial charge in [0.25, 0.3) is 0 Å². The van der Waals surface area contributed by atoms with Crippen molar-refractivity contribution in [1.29, 1.82) is 0 Å². The summed E-state index contributed by atoms with van der Waals surface area (Å²) in [4.78, 5) is 29.7. The minimum atomic E-state index is -0.254. The number of benzene rings is 2. The number of nitrogens with one attached hydrogen (secondary N) is 3. The Balaban J connectivity index is 1.85. The average molecular weight is 428 g/mol. The molecule has 32 heavy (non-hydrogen) atoms. The van der Waals surface area contributed by atoms with Crippen LogP contribution in [0.25, 0.3) is 16.7 Å². The second-order valence-corrected chi connectivity index (χ2v) is 7.37. The molecule has 0 aliphatic carbocycles. The SMILES string of the molecule is CCNC(=O)NCc1cc2c(=O)cc(Nc3ccccc3)n(-c3ccccc3)c2nc1C. The smallest absolute Gasteiger partial charge is 0.315 e. The van der Waals surface area contributed by atoms with Crippen molar-refractivity contribution in [1.82, 2.24) is 20.2 Å². The number of hydrogen-bond donors (Lipinski definition) is 3. The number of urea groups is 1. The van der Waals surface area contributed by atoms with Crippen LogP contribution in [0.5, 0.6) is 0 Å². The summed E-state index contributed by atoms with van der Waals surface area (Å²) < 4.78 is 1.94. The molecule has 7 heteroatoms. The molecular weight excluding hydrogens is 402 g/mol. The summed E-state index contributed by atoms with van der Waals surface area (Å²) in [5, 5.41) is 9.35. The maximum absolute atomic E-state index is 13.1. The summed E-state index contributed by atoms with van der Waals surface area (Å²) in [6.45, 7) is 4.57. The lowest BCUT2D eigenvalue weighted by Gasteiger charge is -2.19. The first-order chi connectivity index (χ1) is 15.6. The summed E-state index contributed by atoms with van der Waals surface area (Å²) in [5.74, 6) is 0.625. The molecule has 0 fully saturated rings. The molecule has 2 heterocycles. The van der Waals surface area contributed by atoms with Gasteiger partial charge in [-0.3, -0.25) is 9.36 Å². The highest BCUT2D eigenvalue weighted by molar-refractivity contribution is 5.82. The second-order valence-electron chi connectivity index (χ2n) is 7.37. The van der Waals surface area contributed by atoms with Crippen LogP contribution in [0.4, 0.5) is 16.3 Å². The molecule has 0 bridgehead atoms.